The Hall–Kier alpha value is -1.42. The van der Waals surface area contributed by atoms with Crippen LogP contribution >= 0.6 is 0 Å². The van der Waals surface area contributed by atoms with Crippen LogP contribution < -0.4 is 5.32 Å². The molecule has 11 heavy (non-hydrogen) atoms. The largest absolute Gasteiger partial charge is 0.387 e. The van der Waals surface area contributed by atoms with Crippen molar-refractivity contribution in [3.8, 4) is 12.8 Å². The Morgan fingerprint density at radius 2 is 2.27 bits per heavy atom. The van der Waals surface area contributed by atoms with E-state index in [1.54, 1.807) is 0 Å². The lowest BCUT2D eigenvalue weighted by molar-refractivity contribution is 1.01. The van der Waals surface area contributed by atoms with Gasteiger partial charge in [-0.05, 0) is 24.8 Å². The third kappa shape index (κ3) is 4.05. The van der Waals surface area contributed by atoms with Crippen molar-refractivity contribution in [3.63, 3.8) is 0 Å². The maximum Gasteiger partial charge on any atom is 0.0395 e. The molecule has 1 heteroatoms. The SMILES string of the molecule is C#C.C/C=C\C=C1\C=CNC1. The summed E-state index contributed by atoms with van der Waals surface area (Å²) in [6.45, 7) is 2.99. The third-order valence-electron chi connectivity index (χ3n) is 1.22. The van der Waals surface area contributed by atoms with Gasteiger partial charge in [-0.3, -0.25) is 0 Å². The first-order valence-corrected chi connectivity index (χ1v) is 3.48. The second-order valence-electron chi connectivity index (χ2n) is 1.98. The molecule has 0 amide bonds. The molecule has 1 nitrogen and oxygen atoms in total. The summed E-state index contributed by atoms with van der Waals surface area (Å²) in [6.07, 6.45) is 18.2. The minimum absolute atomic E-state index is 0.977. The average molecular weight is 147 g/mol. The van der Waals surface area contributed by atoms with Crippen LogP contribution in [-0.2, 0) is 0 Å². The minimum Gasteiger partial charge on any atom is -0.387 e. The topological polar surface area (TPSA) is 12.0 Å². The van der Waals surface area contributed by atoms with E-state index in [1.165, 1.54) is 5.57 Å². The number of hydrogen-bond donors (Lipinski definition) is 1. The molecular formula is C10H13N. The molecule has 1 N–H and O–H groups in total. The molecule has 0 spiro atoms. The van der Waals surface area contributed by atoms with Gasteiger partial charge in [0.1, 0.15) is 0 Å². The lowest BCUT2D eigenvalue weighted by Crippen LogP contribution is -1.99. The van der Waals surface area contributed by atoms with E-state index in [0.717, 1.165) is 6.54 Å². The molecule has 0 aromatic rings. The highest BCUT2D eigenvalue weighted by molar-refractivity contribution is 5.28. The monoisotopic (exact) mass is 147 g/mol. The highest BCUT2D eigenvalue weighted by Gasteiger charge is 1.93. The van der Waals surface area contributed by atoms with Gasteiger partial charge in [-0.15, -0.1) is 12.8 Å². The number of nitrogens with one attached hydrogen (secondary N) is 1. The fourth-order valence-corrected chi connectivity index (χ4v) is 0.736. The van der Waals surface area contributed by atoms with Crippen LogP contribution in [0.2, 0.25) is 0 Å². The summed E-state index contributed by atoms with van der Waals surface area (Å²) >= 11 is 0. The molecule has 0 atom stereocenters. The van der Waals surface area contributed by atoms with Crippen LogP contribution in [0.3, 0.4) is 0 Å². The molecule has 58 valence electrons. The summed E-state index contributed by atoms with van der Waals surface area (Å²) in [5.74, 6) is 0. The van der Waals surface area contributed by atoms with Gasteiger partial charge in [0.25, 0.3) is 0 Å². The number of rotatable bonds is 1. The summed E-state index contributed by atoms with van der Waals surface area (Å²) in [4.78, 5) is 0. The molecule has 0 aromatic carbocycles. The van der Waals surface area contributed by atoms with Gasteiger partial charge in [-0.1, -0.05) is 18.2 Å². The molecular weight excluding hydrogens is 134 g/mol. The smallest absolute Gasteiger partial charge is 0.0395 e. The minimum atomic E-state index is 0.977. The molecule has 0 aliphatic carbocycles. The van der Waals surface area contributed by atoms with Crippen LogP contribution in [0.5, 0.6) is 0 Å². The predicted octanol–water partition coefficient (Wildman–Crippen LogP) is 1.86. The summed E-state index contributed by atoms with van der Waals surface area (Å²) in [7, 11) is 0. The second-order valence-corrected chi connectivity index (χ2v) is 1.98. The molecule has 0 radical (unpaired) electrons. The molecule has 1 heterocycles. The Bertz CT molecular complexity index is 194. The van der Waals surface area contributed by atoms with E-state index in [9.17, 15) is 0 Å². The summed E-state index contributed by atoms with van der Waals surface area (Å²) in [5.41, 5.74) is 1.34. The molecule has 1 aliphatic heterocycles. The Morgan fingerprint density at radius 1 is 1.55 bits per heavy atom. The Balaban J connectivity index is 0.000000461. The number of hydrogen-bond acceptors (Lipinski definition) is 1. The molecule has 0 saturated heterocycles. The number of terminal acetylenes is 1. The molecule has 1 aliphatic rings. The molecule has 0 bridgehead atoms. The Morgan fingerprint density at radius 3 is 2.73 bits per heavy atom. The fourth-order valence-electron chi connectivity index (χ4n) is 0.736. The molecule has 1 rings (SSSR count). The van der Waals surface area contributed by atoms with Crippen molar-refractivity contribution in [1.29, 1.82) is 0 Å². The van der Waals surface area contributed by atoms with E-state index >= 15 is 0 Å². The van der Waals surface area contributed by atoms with Crippen molar-refractivity contribution in [2.45, 2.75) is 6.92 Å². The van der Waals surface area contributed by atoms with E-state index in [4.69, 9.17) is 0 Å². The fraction of sp³-hybridized carbons (Fsp3) is 0.200. The zero-order chi connectivity index (χ0) is 8.53. The van der Waals surface area contributed by atoms with Crippen LogP contribution in [0, 0.1) is 12.8 Å². The number of allylic oxidation sites excluding steroid dienone is 3. The summed E-state index contributed by atoms with van der Waals surface area (Å²) in [6, 6.07) is 0. The summed E-state index contributed by atoms with van der Waals surface area (Å²) < 4.78 is 0. The second kappa shape index (κ2) is 6.70. The van der Waals surface area contributed by atoms with Gasteiger partial charge in [0.05, 0.1) is 0 Å². The van der Waals surface area contributed by atoms with Crippen molar-refractivity contribution in [2.24, 2.45) is 0 Å². The van der Waals surface area contributed by atoms with Gasteiger partial charge in [0.15, 0.2) is 0 Å². The summed E-state index contributed by atoms with van der Waals surface area (Å²) in [5, 5.41) is 3.10. The van der Waals surface area contributed by atoms with Crippen LogP contribution in [0.1, 0.15) is 6.92 Å². The molecule has 0 fully saturated rings. The van der Waals surface area contributed by atoms with Crippen LogP contribution in [-0.4, -0.2) is 6.54 Å². The standard InChI is InChI=1S/C8H11N.C2H2/c1-2-3-4-8-5-6-9-7-8;1-2/h2-6,9H,7H2,1H3;1-2H/b3-2-,8-4-;. The first kappa shape index (κ1) is 9.58. The van der Waals surface area contributed by atoms with Gasteiger partial charge in [-0.2, -0.15) is 0 Å². The first-order valence-electron chi connectivity index (χ1n) is 3.48. The molecule has 0 saturated carbocycles. The zero-order valence-corrected chi connectivity index (χ0v) is 6.75. The van der Waals surface area contributed by atoms with Gasteiger partial charge in [0.2, 0.25) is 0 Å². The van der Waals surface area contributed by atoms with E-state index in [2.05, 4.69) is 30.3 Å². The average Bonchev–Trinajstić information content (AvgIpc) is 2.57. The van der Waals surface area contributed by atoms with E-state index in [0.29, 0.717) is 0 Å². The Labute approximate surface area is 68.5 Å². The third-order valence-corrected chi connectivity index (χ3v) is 1.22. The van der Waals surface area contributed by atoms with Gasteiger partial charge >= 0.3 is 0 Å². The van der Waals surface area contributed by atoms with Crippen molar-refractivity contribution in [3.05, 3.63) is 36.1 Å². The van der Waals surface area contributed by atoms with E-state index in [-0.39, 0.29) is 0 Å². The maximum absolute atomic E-state index is 4.00. The highest BCUT2D eigenvalue weighted by Crippen LogP contribution is 2.00. The quantitative estimate of drug-likeness (QED) is 0.558. The highest BCUT2D eigenvalue weighted by atomic mass is 14.8. The normalized spacial score (nSPS) is 17.9. The van der Waals surface area contributed by atoms with Crippen molar-refractivity contribution in [1.82, 2.24) is 5.32 Å². The van der Waals surface area contributed by atoms with Gasteiger partial charge in [-0.25, -0.2) is 0 Å². The molecule has 0 unspecified atom stereocenters. The predicted molar refractivity (Wildman–Crippen MR) is 49.9 cm³/mol. The van der Waals surface area contributed by atoms with Crippen molar-refractivity contribution >= 4 is 0 Å². The van der Waals surface area contributed by atoms with Crippen LogP contribution in [0.15, 0.2) is 36.1 Å². The maximum atomic E-state index is 4.00. The van der Waals surface area contributed by atoms with Crippen LogP contribution in [0.25, 0.3) is 0 Å². The van der Waals surface area contributed by atoms with E-state index in [1.807, 2.05) is 25.3 Å². The lowest BCUT2D eigenvalue weighted by atomic mass is 10.2. The van der Waals surface area contributed by atoms with Crippen molar-refractivity contribution < 1.29 is 0 Å². The molecule has 0 aromatic heterocycles. The van der Waals surface area contributed by atoms with Crippen LogP contribution in [0.4, 0.5) is 0 Å². The van der Waals surface area contributed by atoms with Crippen molar-refractivity contribution in [2.75, 3.05) is 6.54 Å². The van der Waals surface area contributed by atoms with E-state index < -0.39 is 0 Å². The Kier molecular flexibility index (Phi) is 5.83. The van der Waals surface area contributed by atoms with Gasteiger partial charge < -0.3 is 5.32 Å². The zero-order valence-electron chi connectivity index (χ0n) is 6.75. The van der Waals surface area contributed by atoms with Gasteiger partial charge in [0, 0.05) is 6.54 Å². The lowest BCUT2D eigenvalue weighted by Gasteiger charge is -1.87. The first-order chi connectivity index (χ1) is 5.43.